The zero-order valence-corrected chi connectivity index (χ0v) is 26.8. The van der Waals surface area contributed by atoms with Crippen molar-refractivity contribution in [2.75, 3.05) is 39.4 Å². The third-order valence-electron chi connectivity index (χ3n) is 8.21. The van der Waals surface area contributed by atoms with Crippen LogP contribution in [0.25, 0.3) is 0 Å². The second-order valence-electron chi connectivity index (χ2n) is 13.1. The molecule has 5 rings (SSSR count). The summed E-state index contributed by atoms with van der Waals surface area (Å²) in [5, 5.41) is 8.98. The van der Waals surface area contributed by atoms with Crippen molar-refractivity contribution >= 4 is 17.9 Å². The van der Waals surface area contributed by atoms with E-state index in [9.17, 15) is 18.8 Å². The van der Waals surface area contributed by atoms with Gasteiger partial charge in [-0.15, -0.1) is 0 Å². The van der Waals surface area contributed by atoms with E-state index in [1.165, 1.54) is 5.56 Å². The molecule has 3 N–H and O–H groups in total. The van der Waals surface area contributed by atoms with Crippen LogP contribution in [0, 0.1) is 11.8 Å². The lowest BCUT2D eigenvalue weighted by Crippen LogP contribution is -2.50. The normalized spacial score (nSPS) is 23.3. The summed E-state index contributed by atoms with van der Waals surface area (Å²) in [7, 11) is 0. The number of carbonyl (C=O) groups excluding carboxylic acids is 3. The standard InChI is InChI=1S/C35H44FN5O5/c1-35(2,3)46-34(44)41-23-28(36)18-31(41)33(43)39-29-19-30(37-21-29)32(42)38-20-26-10-6-24(7-11-26)4-5-25-8-12-27(13-9-25)22-40-14-16-45-17-15-40/h6-13,28-31,37H,14-23H2,1-3H3,(H,38,42)(H,39,43)/t28-,29+,30+,31-/m0/s1. The Kier molecular flexibility index (Phi) is 10.9. The smallest absolute Gasteiger partial charge is 0.411 e. The molecule has 3 aliphatic rings. The molecule has 0 bridgehead atoms. The van der Waals surface area contributed by atoms with Crippen molar-refractivity contribution in [1.82, 2.24) is 25.8 Å². The van der Waals surface area contributed by atoms with E-state index in [2.05, 4.69) is 44.8 Å². The van der Waals surface area contributed by atoms with Crippen LogP contribution in [0.15, 0.2) is 48.5 Å². The van der Waals surface area contributed by atoms with E-state index in [1.807, 2.05) is 36.4 Å². The first-order valence-corrected chi connectivity index (χ1v) is 16.0. The van der Waals surface area contributed by atoms with Gasteiger partial charge >= 0.3 is 6.09 Å². The summed E-state index contributed by atoms with van der Waals surface area (Å²) in [6, 6.07) is 14.4. The summed E-state index contributed by atoms with van der Waals surface area (Å²) in [4.78, 5) is 41.9. The van der Waals surface area contributed by atoms with Crippen LogP contribution in [0.3, 0.4) is 0 Å². The minimum atomic E-state index is -1.30. The molecule has 2 aromatic rings. The molecule has 3 heterocycles. The molecule has 0 aliphatic carbocycles. The number of morpholine rings is 1. The molecule has 46 heavy (non-hydrogen) atoms. The number of hydrogen-bond donors (Lipinski definition) is 3. The van der Waals surface area contributed by atoms with Crippen molar-refractivity contribution in [3.05, 3.63) is 70.8 Å². The molecule has 3 fully saturated rings. The van der Waals surface area contributed by atoms with Crippen molar-refractivity contribution in [2.45, 2.75) is 76.6 Å². The van der Waals surface area contributed by atoms with Gasteiger partial charge in [0, 0.05) is 56.3 Å². The van der Waals surface area contributed by atoms with E-state index < -0.39 is 35.9 Å². The summed E-state index contributed by atoms with van der Waals surface area (Å²) in [6.07, 6.45) is -1.70. The Hall–Kier alpha value is -3.98. The van der Waals surface area contributed by atoms with Crippen LogP contribution in [0.5, 0.6) is 0 Å². The first kappa shape index (κ1) is 33.4. The molecule has 4 atom stereocenters. The molecule has 3 saturated heterocycles. The van der Waals surface area contributed by atoms with Gasteiger partial charge < -0.3 is 25.4 Å². The minimum Gasteiger partial charge on any atom is -0.444 e. The summed E-state index contributed by atoms with van der Waals surface area (Å²) < 4.78 is 25.0. The largest absolute Gasteiger partial charge is 0.444 e. The van der Waals surface area contributed by atoms with Crippen LogP contribution in [0.4, 0.5) is 9.18 Å². The average molecular weight is 634 g/mol. The Morgan fingerprint density at radius 3 is 2.22 bits per heavy atom. The van der Waals surface area contributed by atoms with Gasteiger partial charge in [-0.1, -0.05) is 36.1 Å². The highest BCUT2D eigenvalue weighted by Gasteiger charge is 2.43. The van der Waals surface area contributed by atoms with Gasteiger partial charge in [0.1, 0.15) is 17.8 Å². The number of nitrogens with one attached hydrogen (secondary N) is 3. The Labute approximate surface area is 270 Å². The molecule has 3 aliphatic heterocycles. The van der Waals surface area contributed by atoms with Crippen molar-refractivity contribution < 1.29 is 28.2 Å². The van der Waals surface area contributed by atoms with E-state index in [1.54, 1.807) is 20.8 Å². The highest BCUT2D eigenvalue weighted by molar-refractivity contribution is 5.87. The van der Waals surface area contributed by atoms with E-state index in [4.69, 9.17) is 9.47 Å². The summed E-state index contributed by atoms with van der Waals surface area (Å²) >= 11 is 0. The first-order chi connectivity index (χ1) is 22.0. The zero-order valence-electron chi connectivity index (χ0n) is 26.8. The number of hydrogen-bond acceptors (Lipinski definition) is 7. The van der Waals surface area contributed by atoms with Crippen molar-refractivity contribution in [3.8, 4) is 11.8 Å². The predicted octanol–water partition coefficient (Wildman–Crippen LogP) is 2.73. The Bertz CT molecular complexity index is 1430. The number of likely N-dealkylation sites (tertiary alicyclic amines) is 1. The molecule has 11 heteroatoms. The number of amides is 3. The van der Waals surface area contributed by atoms with Crippen molar-refractivity contribution in [3.63, 3.8) is 0 Å². The molecule has 0 aromatic heterocycles. The molecular formula is C35H44FN5O5. The monoisotopic (exact) mass is 633 g/mol. The van der Waals surface area contributed by atoms with Crippen molar-refractivity contribution in [2.24, 2.45) is 0 Å². The van der Waals surface area contributed by atoms with Gasteiger partial charge in [-0.05, 0) is 62.6 Å². The van der Waals surface area contributed by atoms with E-state index in [-0.39, 0.29) is 24.9 Å². The number of ether oxygens (including phenoxy) is 2. The van der Waals surface area contributed by atoms with Gasteiger partial charge in [-0.3, -0.25) is 19.4 Å². The SMILES string of the molecule is CC(C)(C)OC(=O)N1C[C@@H](F)C[C@H]1C(=O)N[C@H]1CN[C@@H](C(=O)NCc2ccc(C#Cc3ccc(CN4CCOCC4)cc3)cc2)C1. The van der Waals surface area contributed by atoms with Crippen molar-refractivity contribution in [1.29, 1.82) is 0 Å². The maximum atomic E-state index is 14.2. The number of carbonyl (C=O) groups is 3. The van der Waals surface area contributed by atoms with E-state index in [0.717, 1.165) is 54.4 Å². The molecule has 2 aromatic carbocycles. The molecule has 3 amide bonds. The number of alkyl halides is 1. The molecule has 10 nitrogen and oxygen atoms in total. The van der Waals surface area contributed by atoms with Crippen LogP contribution < -0.4 is 16.0 Å². The number of benzene rings is 2. The number of rotatable bonds is 7. The molecule has 0 saturated carbocycles. The topological polar surface area (TPSA) is 112 Å². The third-order valence-corrected chi connectivity index (χ3v) is 8.21. The highest BCUT2D eigenvalue weighted by Crippen LogP contribution is 2.24. The van der Waals surface area contributed by atoms with Gasteiger partial charge in [0.05, 0.1) is 25.8 Å². The van der Waals surface area contributed by atoms with E-state index >= 15 is 0 Å². The maximum Gasteiger partial charge on any atom is 0.411 e. The fourth-order valence-electron chi connectivity index (χ4n) is 5.77. The van der Waals surface area contributed by atoms with Crippen LogP contribution in [-0.2, 0) is 32.2 Å². The summed E-state index contributed by atoms with van der Waals surface area (Å²) in [6.45, 7) is 10.1. The lowest BCUT2D eigenvalue weighted by atomic mass is 10.1. The first-order valence-electron chi connectivity index (χ1n) is 16.0. The van der Waals surface area contributed by atoms with Gasteiger partial charge in [-0.2, -0.15) is 0 Å². The Morgan fingerprint density at radius 1 is 0.957 bits per heavy atom. The highest BCUT2D eigenvalue weighted by atomic mass is 19.1. The van der Waals surface area contributed by atoms with Gasteiger partial charge in [0.2, 0.25) is 11.8 Å². The molecule has 0 spiro atoms. The number of halogens is 1. The third kappa shape index (κ3) is 9.52. The fourth-order valence-corrected chi connectivity index (χ4v) is 5.77. The van der Waals surface area contributed by atoms with Crippen LogP contribution in [0.2, 0.25) is 0 Å². The Balaban J connectivity index is 1.05. The molecule has 0 radical (unpaired) electrons. The van der Waals surface area contributed by atoms with E-state index in [0.29, 0.717) is 19.5 Å². The predicted molar refractivity (Wildman–Crippen MR) is 171 cm³/mol. The van der Waals surface area contributed by atoms with Gasteiger partial charge in [-0.25, -0.2) is 9.18 Å². The zero-order chi connectivity index (χ0) is 32.7. The lowest BCUT2D eigenvalue weighted by Gasteiger charge is -2.28. The molecular weight excluding hydrogens is 589 g/mol. The lowest BCUT2D eigenvalue weighted by molar-refractivity contribution is -0.126. The summed E-state index contributed by atoms with van der Waals surface area (Å²) in [5.41, 5.74) is 3.29. The fraction of sp³-hybridized carbons (Fsp3) is 0.514. The minimum absolute atomic E-state index is 0.0810. The van der Waals surface area contributed by atoms with Gasteiger partial charge in [0.25, 0.3) is 0 Å². The molecule has 246 valence electrons. The van der Waals surface area contributed by atoms with Crippen LogP contribution in [-0.4, -0.2) is 97.0 Å². The Morgan fingerprint density at radius 2 is 1.59 bits per heavy atom. The molecule has 0 unspecified atom stereocenters. The van der Waals surface area contributed by atoms with Crippen LogP contribution >= 0.6 is 0 Å². The van der Waals surface area contributed by atoms with Gasteiger partial charge in [0.15, 0.2) is 0 Å². The average Bonchev–Trinajstić information content (AvgIpc) is 3.66. The second kappa shape index (κ2) is 15.1. The van der Waals surface area contributed by atoms with Crippen LogP contribution in [0.1, 0.15) is 55.9 Å². The maximum absolute atomic E-state index is 14.2. The quantitative estimate of drug-likeness (QED) is 0.402. The second-order valence-corrected chi connectivity index (χ2v) is 13.1. The summed E-state index contributed by atoms with van der Waals surface area (Å²) in [5.74, 6) is 5.81. The number of nitrogens with zero attached hydrogens (tertiary/aromatic N) is 2.